The fraction of sp³-hybridized carbons (Fsp3) is 0.231. The van der Waals surface area contributed by atoms with Crippen molar-refractivity contribution in [1.29, 1.82) is 0 Å². The van der Waals surface area contributed by atoms with Gasteiger partial charge in [0.05, 0.1) is 5.69 Å². The predicted molar refractivity (Wildman–Crippen MR) is 76.2 cm³/mol. The molecule has 0 spiro atoms. The van der Waals surface area contributed by atoms with Gasteiger partial charge in [-0.1, -0.05) is 29.8 Å². The van der Waals surface area contributed by atoms with Gasteiger partial charge in [0.2, 0.25) is 5.91 Å². The molecule has 1 aromatic heterocycles. The summed E-state index contributed by atoms with van der Waals surface area (Å²) in [7, 11) is 0. The van der Waals surface area contributed by atoms with E-state index >= 15 is 0 Å². The maximum atomic E-state index is 11.4. The van der Waals surface area contributed by atoms with Crippen molar-refractivity contribution >= 4 is 34.0 Å². The van der Waals surface area contributed by atoms with Crippen LogP contribution in [0.1, 0.15) is 12.5 Å². The molecular weight excluding hydrogens is 268 g/mol. The van der Waals surface area contributed by atoms with E-state index in [9.17, 15) is 4.79 Å². The van der Waals surface area contributed by atoms with E-state index in [-0.39, 0.29) is 5.91 Å². The lowest BCUT2D eigenvalue weighted by molar-refractivity contribution is -0.115. The number of alkyl halides is 1. The summed E-state index contributed by atoms with van der Waals surface area (Å²) in [6.07, 6.45) is 0. The quantitative estimate of drug-likeness (QED) is 0.872. The zero-order valence-corrected chi connectivity index (χ0v) is 11.7. The maximum Gasteiger partial charge on any atom is 0.243 e. The lowest BCUT2D eigenvalue weighted by Crippen LogP contribution is -2.20. The highest BCUT2D eigenvalue weighted by molar-refractivity contribution is 7.14. The van der Waals surface area contributed by atoms with Crippen molar-refractivity contribution in [3.63, 3.8) is 0 Å². The minimum absolute atomic E-state index is 0.235. The summed E-state index contributed by atoms with van der Waals surface area (Å²) >= 11 is 7.08. The van der Waals surface area contributed by atoms with Crippen LogP contribution in [0.4, 0.5) is 5.13 Å². The van der Waals surface area contributed by atoms with Gasteiger partial charge in [-0.3, -0.25) is 4.79 Å². The van der Waals surface area contributed by atoms with Crippen LogP contribution in [0.3, 0.4) is 0 Å². The molecule has 1 N–H and O–H groups in total. The highest BCUT2D eigenvalue weighted by atomic mass is 35.5. The number of benzene rings is 1. The number of anilines is 1. The number of amides is 1. The van der Waals surface area contributed by atoms with Crippen LogP contribution < -0.4 is 5.32 Å². The number of carbonyl (C=O) groups is 1. The number of halogens is 1. The fourth-order valence-corrected chi connectivity index (χ4v) is 2.17. The smallest absolute Gasteiger partial charge is 0.243 e. The second-order valence-corrected chi connectivity index (χ2v) is 5.52. The molecule has 0 saturated heterocycles. The van der Waals surface area contributed by atoms with Gasteiger partial charge in [0.25, 0.3) is 0 Å². The SMILES string of the molecule is Cc1ccc(-c2csc(NC(=O)[C@H](C)Cl)n2)cc1. The van der Waals surface area contributed by atoms with Crippen LogP contribution in [0.25, 0.3) is 11.3 Å². The predicted octanol–water partition coefficient (Wildman–Crippen LogP) is 3.68. The molecule has 1 heterocycles. The Labute approximate surface area is 115 Å². The molecule has 5 heteroatoms. The summed E-state index contributed by atoms with van der Waals surface area (Å²) in [4.78, 5) is 15.8. The maximum absolute atomic E-state index is 11.4. The summed E-state index contributed by atoms with van der Waals surface area (Å²) < 4.78 is 0. The Hall–Kier alpha value is -1.39. The lowest BCUT2D eigenvalue weighted by Gasteiger charge is -2.02. The van der Waals surface area contributed by atoms with Crippen molar-refractivity contribution in [1.82, 2.24) is 4.98 Å². The van der Waals surface area contributed by atoms with E-state index in [4.69, 9.17) is 11.6 Å². The van der Waals surface area contributed by atoms with Gasteiger partial charge in [-0.2, -0.15) is 0 Å². The third-order valence-electron chi connectivity index (χ3n) is 2.44. The number of aryl methyl sites for hydroxylation is 1. The molecule has 1 aromatic carbocycles. The van der Waals surface area contributed by atoms with Gasteiger partial charge in [-0.25, -0.2) is 4.98 Å². The number of carbonyl (C=O) groups excluding carboxylic acids is 1. The zero-order chi connectivity index (χ0) is 13.1. The molecule has 3 nitrogen and oxygen atoms in total. The third kappa shape index (κ3) is 3.09. The fourth-order valence-electron chi connectivity index (χ4n) is 1.39. The molecule has 94 valence electrons. The number of aromatic nitrogens is 1. The minimum atomic E-state index is -0.559. The first-order valence-electron chi connectivity index (χ1n) is 5.54. The molecule has 0 aliphatic carbocycles. The Morgan fingerprint density at radius 1 is 1.39 bits per heavy atom. The van der Waals surface area contributed by atoms with Crippen LogP contribution in [0.15, 0.2) is 29.6 Å². The third-order valence-corrected chi connectivity index (χ3v) is 3.40. The van der Waals surface area contributed by atoms with E-state index in [0.29, 0.717) is 5.13 Å². The van der Waals surface area contributed by atoms with Crippen LogP contribution in [0.2, 0.25) is 0 Å². The normalized spacial score (nSPS) is 12.2. The molecular formula is C13H13ClN2OS. The first kappa shape index (κ1) is 13.1. The topological polar surface area (TPSA) is 42.0 Å². The Morgan fingerprint density at radius 3 is 2.67 bits per heavy atom. The zero-order valence-electron chi connectivity index (χ0n) is 10.1. The van der Waals surface area contributed by atoms with Gasteiger partial charge >= 0.3 is 0 Å². The van der Waals surface area contributed by atoms with E-state index in [1.807, 2.05) is 36.6 Å². The summed E-state index contributed by atoms with van der Waals surface area (Å²) in [6, 6.07) is 8.10. The molecule has 0 radical (unpaired) electrons. The largest absolute Gasteiger partial charge is 0.301 e. The Morgan fingerprint density at radius 2 is 2.06 bits per heavy atom. The van der Waals surface area contributed by atoms with Crippen molar-refractivity contribution in [2.45, 2.75) is 19.2 Å². The van der Waals surface area contributed by atoms with E-state index in [0.717, 1.165) is 11.3 Å². The van der Waals surface area contributed by atoms with E-state index in [1.165, 1.54) is 16.9 Å². The first-order valence-corrected chi connectivity index (χ1v) is 6.85. The number of nitrogens with one attached hydrogen (secondary N) is 1. The molecule has 2 rings (SSSR count). The van der Waals surface area contributed by atoms with Crippen LogP contribution >= 0.6 is 22.9 Å². The van der Waals surface area contributed by atoms with E-state index < -0.39 is 5.38 Å². The molecule has 0 saturated carbocycles. The number of hydrogen-bond donors (Lipinski definition) is 1. The van der Waals surface area contributed by atoms with Crippen LogP contribution in [0.5, 0.6) is 0 Å². The minimum Gasteiger partial charge on any atom is -0.301 e. The molecule has 0 aliphatic rings. The first-order chi connectivity index (χ1) is 8.56. The van der Waals surface area contributed by atoms with Gasteiger partial charge in [0, 0.05) is 10.9 Å². The summed E-state index contributed by atoms with van der Waals surface area (Å²) in [6.45, 7) is 3.67. The average Bonchev–Trinajstić information content (AvgIpc) is 2.78. The molecule has 0 fully saturated rings. The monoisotopic (exact) mass is 280 g/mol. The summed E-state index contributed by atoms with van der Waals surface area (Å²) in [5.74, 6) is -0.235. The van der Waals surface area contributed by atoms with Crippen molar-refractivity contribution < 1.29 is 4.79 Å². The molecule has 1 atom stereocenters. The Balaban J connectivity index is 2.15. The molecule has 0 unspecified atom stereocenters. The molecule has 0 aliphatic heterocycles. The van der Waals surface area contributed by atoms with Crippen LogP contribution in [-0.4, -0.2) is 16.3 Å². The number of rotatable bonds is 3. The van der Waals surface area contributed by atoms with Gasteiger partial charge in [-0.15, -0.1) is 22.9 Å². The van der Waals surface area contributed by atoms with E-state index in [2.05, 4.69) is 10.3 Å². The second kappa shape index (κ2) is 5.50. The summed E-state index contributed by atoms with van der Waals surface area (Å²) in [5, 5.41) is 4.61. The molecule has 0 bridgehead atoms. The van der Waals surface area contributed by atoms with Crippen molar-refractivity contribution in [2.75, 3.05) is 5.32 Å². The second-order valence-electron chi connectivity index (χ2n) is 4.01. The van der Waals surface area contributed by atoms with Gasteiger partial charge < -0.3 is 5.32 Å². The average molecular weight is 281 g/mol. The number of hydrogen-bond acceptors (Lipinski definition) is 3. The van der Waals surface area contributed by atoms with Crippen molar-refractivity contribution in [3.05, 3.63) is 35.2 Å². The molecule has 18 heavy (non-hydrogen) atoms. The van der Waals surface area contributed by atoms with Crippen molar-refractivity contribution in [2.24, 2.45) is 0 Å². The Bertz CT molecular complexity index is 548. The van der Waals surface area contributed by atoms with E-state index in [1.54, 1.807) is 6.92 Å². The van der Waals surface area contributed by atoms with Gasteiger partial charge in [-0.05, 0) is 13.8 Å². The standard InChI is InChI=1S/C13H13ClN2OS/c1-8-3-5-10(6-4-8)11-7-18-13(15-11)16-12(17)9(2)14/h3-7,9H,1-2H3,(H,15,16,17)/t9-/m0/s1. The highest BCUT2D eigenvalue weighted by Gasteiger charge is 2.12. The van der Waals surface area contributed by atoms with Crippen molar-refractivity contribution in [3.8, 4) is 11.3 Å². The number of nitrogens with zero attached hydrogens (tertiary/aromatic N) is 1. The molecule has 1 amide bonds. The number of thiazole rings is 1. The Kier molecular flexibility index (Phi) is 3.99. The van der Waals surface area contributed by atoms with Crippen LogP contribution in [0, 0.1) is 6.92 Å². The van der Waals surface area contributed by atoms with Gasteiger partial charge in [0.15, 0.2) is 5.13 Å². The highest BCUT2D eigenvalue weighted by Crippen LogP contribution is 2.25. The lowest BCUT2D eigenvalue weighted by atomic mass is 10.1. The summed E-state index contributed by atoms with van der Waals surface area (Å²) in [5.41, 5.74) is 3.10. The van der Waals surface area contributed by atoms with Gasteiger partial charge in [0.1, 0.15) is 5.38 Å². The molecule has 2 aromatic rings. The van der Waals surface area contributed by atoms with Crippen LogP contribution in [-0.2, 0) is 4.79 Å².